The maximum Gasteiger partial charge on any atom is 0.239 e. The second kappa shape index (κ2) is 6.03. The summed E-state index contributed by atoms with van der Waals surface area (Å²) in [5.41, 5.74) is 7.60. The minimum absolute atomic E-state index is 0.368. The number of aryl methyl sites for hydroxylation is 1. The lowest BCUT2D eigenvalue weighted by Crippen LogP contribution is -2.34. The van der Waals surface area contributed by atoms with Crippen LogP contribution < -0.4 is 11.1 Å². The first-order valence-corrected chi connectivity index (χ1v) is 8.50. The van der Waals surface area contributed by atoms with Crippen LogP contribution >= 0.6 is 0 Å². The molecule has 0 aliphatic carbocycles. The van der Waals surface area contributed by atoms with Crippen molar-refractivity contribution in [2.24, 2.45) is 0 Å². The zero-order valence-electron chi connectivity index (χ0n) is 12.1. The van der Waals surface area contributed by atoms with Gasteiger partial charge >= 0.3 is 0 Å². The molecule has 0 spiro atoms. The molecule has 1 fully saturated rings. The molecule has 1 aliphatic heterocycles. The van der Waals surface area contributed by atoms with E-state index in [1.165, 1.54) is 0 Å². The van der Waals surface area contributed by atoms with Crippen LogP contribution in [0.25, 0.3) is 0 Å². The molecule has 1 aromatic carbocycles. The van der Waals surface area contributed by atoms with Gasteiger partial charge in [-0.15, -0.1) is 0 Å². The van der Waals surface area contributed by atoms with Crippen molar-refractivity contribution >= 4 is 27.1 Å². The zero-order chi connectivity index (χ0) is 15.6. The van der Waals surface area contributed by atoms with Crippen LogP contribution in [0.5, 0.6) is 0 Å². The Labute approximate surface area is 124 Å². The number of anilines is 2. The van der Waals surface area contributed by atoms with Crippen LogP contribution in [0, 0.1) is 6.92 Å². The van der Waals surface area contributed by atoms with Gasteiger partial charge in [0.25, 0.3) is 0 Å². The number of ether oxygens (including phenoxy) is 1. The molecule has 21 heavy (non-hydrogen) atoms. The Morgan fingerprint density at radius 2 is 2.19 bits per heavy atom. The molecule has 116 valence electrons. The smallest absolute Gasteiger partial charge is 0.239 e. The fraction of sp³-hybridized carbons (Fsp3) is 0.500. The second-order valence-corrected chi connectivity index (χ2v) is 7.57. The summed E-state index contributed by atoms with van der Waals surface area (Å²) in [6.07, 6.45) is 0.0657. The van der Waals surface area contributed by atoms with E-state index in [0.29, 0.717) is 24.4 Å². The Bertz CT molecular complexity index is 642. The molecule has 6 nitrogen and oxygen atoms in total. The fourth-order valence-electron chi connectivity index (χ4n) is 2.46. The second-order valence-electron chi connectivity index (χ2n) is 5.35. The van der Waals surface area contributed by atoms with Crippen LogP contribution in [0.1, 0.15) is 18.9 Å². The van der Waals surface area contributed by atoms with Crippen LogP contribution in [-0.4, -0.2) is 38.0 Å². The molecule has 1 saturated heterocycles. The number of carbonyl (C=O) groups is 1. The molecule has 1 amide bonds. The Balaban J connectivity index is 2.04. The molecule has 0 bridgehead atoms. The standard InChI is InChI=1S/C14H20N2O4S/c1-9-3-4-12(11(15)7-9)16-14(17)8-21(18,19)13-5-6-20-10(13)2/h3-4,7,10,13H,5-6,8,15H2,1-2H3,(H,16,17). The van der Waals surface area contributed by atoms with Crippen molar-refractivity contribution in [2.75, 3.05) is 23.4 Å². The van der Waals surface area contributed by atoms with Gasteiger partial charge in [-0.25, -0.2) is 8.42 Å². The van der Waals surface area contributed by atoms with Gasteiger partial charge in [-0.1, -0.05) is 6.07 Å². The highest BCUT2D eigenvalue weighted by Crippen LogP contribution is 2.23. The first-order chi connectivity index (χ1) is 9.79. The van der Waals surface area contributed by atoms with Crippen LogP contribution in [0.4, 0.5) is 11.4 Å². The summed E-state index contributed by atoms with van der Waals surface area (Å²) in [5.74, 6) is -1.14. The average molecular weight is 312 g/mol. The molecule has 7 heteroatoms. The Morgan fingerprint density at radius 1 is 1.48 bits per heavy atom. The molecular formula is C14H20N2O4S. The molecule has 0 aromatic heterocycles. The van der Waals surface area contributed by atoms with Crippen molar-refractivity contribution < 1.29 is 17.9 Å². The van der Waals surface area contributed by atoms with E-state index in [9.17, 15) is 13.2 Å². The van der Waals surface area contributed by atoms with E-state index in [4.69, 9.17) is 10.5 Å². The molecule has 0 saturated carbocycles. The zero-order valence-corrected chi connectivity index (χ0v) is 12.9. The van der Waals surface area contributed by atoms with Crippen molar-refractivity contribution in [1.82, 2.24) is 0 Å². The quantitative estimate of drug-likeness (QED) is 0.811. The third-order valence-electron chi connectivity index (χ3n) is 3.58. The van der Waals surface area contributed by atoms with Gasteiger partial charge in [0.1, 0.15) is 5.75 Å². The van der Waals surface area contributed by atoms with E-state index in [1.807, 2.05) is 6.92 Å². The first kappa shape index (κ1) is 15.8. The van der Waals surface area contributed by atoms with E-state index in [0.717, 1.165) is 5.56 Å². The van der Waals surface area contributed by atoms with E-state index >= 15 is 0 Å². The number of hydrogen-bond donors (Lipinski definition) is 2. The van der Waals surface area contributed by atoms with Gasteiger partial charge in [0.05, 0.1) is 22.7 Å². The average Bonchev–Trinajstić information content (AvgIpc) is 2.79. The predicted molar refractivity (Wildman–Crippen MR) is 81.8 cm³/mol. The normalized spacial score (nSPS) is 22.2. The number of carbonyl (C=O) groups excluding carboxylic acids is 1. The summed E-state index contributed by atoms with van der Waals surface area (Å²) in [5, 5.41) is 1.94. The highest BCUT2D eigenvalue weighted by atomic mass is 32.2. The Kier molecular flexibility index (Phi) is 4.53. The highest BCUT2D eigenvalue weighted by molar-refractivity contribution is 7.92. The number of nitrogens with one attached hydrogen (secondary N) is 1. The number of benzene rings is 1. The Morgan fingerprint density at radius 3 is 2.76 bits per heavy atom. The highest BCUT2D eigenvalue weighted by Gasteiger charge is 2.36. The summed E-state index contributed by atoms with van der Waals surface area (Å²) >= 11 is 0. The third-order valence-corrected chi connectivity index (χ3v) is 5.79. The van der Waals surface area contributed by atoms with E-state index in [2.05, 4.69) is 5.32 Å². The van der Waals surface area contributed by atoms with Crippen molar-refractivity contribution in [1.29, 1.82) is 0 Å². The minimum Gasteiger partial charge on any atom is -0.397 e. The largest absolute Gasteiger partial charge is 0.397 e. The van der Waals surface area contributed by atoms with E-state index < -0.39 is 26.7 Å². The molecular weight excluding hydrogens is 292 g/mol. The van der Waals surface area contributed by atoms with E-state index in [-0.39, 0.29) is 6.10 Å². The first-order valence-electron chi connectivity index (χ1n) is 6.79. The summed E-state index contributed by atoms with van der Waals surface area (Å²) in [6, 6.07) is 5.18. The monoisotopic (exact) mass is 312 g/mol. The molecule has 1 heterocycles. The number of rotatable bonds is 4. The van der Waals surface area contributed by atoms with Crippen molar-refractivity contribution in [3.63, 3.8) is 0 Å². The van der Waals surface area contributed by atoms with Crippen molar-refractivity contribution in [3.8, 4) is 0 Å². The van der Waals surface area contributed by atoms with Crippen LogP contribution in [0.2, 0.25) is 0 Å². The maximum atomic E-state index is 12.2. The molecule has 0 radical (unpaired) electrons. The molecule has 2 unspecified atom stereocenters. The number of sulfone groups is 1. The summed E-state index contributed by atoms with van der Waals surface area (Å²) in [6.45, 7) is 4.01. The van der Waals surface area contributed by atoms with Gasteiger partial charge < -0.3 is 15.8 Å². The van der Waals surface area contributed by atoms with Crippen LogP contribution in [0.3, 0.4) is 0 Å². The third kappa shape index (κ3) is 3.74. The van der Waals surface area contributed by atoms with Crippen molar-refractivity contribution in [3.05, 3.63) is 23.8 Å². The van der Waals surface area contributed by atoms with Crippen LogP contribution in [0.15, 0.2) is 18.2 Å². The van der Waals surface area contributed by atoms with Gasteiger partial charge in [0.15, 0.2) is 9.84 Å². The van der Waals surface area contributed by atoms with Gasteiger partial charge in [0.2, 0.25) is 5.91 Å². The molecule has 1 aliphatic rings. The van der Waals surface area contributed by atoms with Gasteiger partial charge in [-0.3, -0.25) is 4.79 Å². The molecule has 3 N–H and O–H groups in total. The molecule has 1 aromatic rings. The predicted octanol–water partition coefficient (Wildman–Crippen LogP) is 1.11. The Hall–Kier alpha value is -1.60. The number of nitrogen functional groups attached to an aromatic ring is 1. The molecule has 2 atom stereocenters. The number of amides is 1. The minimum atomic E-state index is -3.53. The summed E-state index contributed by atoms with van der Waals surface area (Å²) in [7, 11) is -3.53. The number of hydrogen-bond acceptors (Lipinski definition) is 5. The summed E-state index contributed by atoms with van der Waals surface area (Å²) in [4.78, 5) is 11.9. The lowest BCUT2D eigenvalue weighted by atomic mass is 10.2. The lowest BCUT2D eigenvalue weighted by Gasteiger charge is -2.15. The maximum absolute atomic E-state index is 12.2. The fourth-order valence-corrected chi connectivity index (χ4v) is 4.23. The summed E-state index contributed by atoms with van der Waals surface area (Å²) < 4.78 is 29.7. The van der Waals surface area contributed by atoms with Crippen LogP contribution in [-0.2, 0) is 19.4 Å². The number of nitrogens with two attached hydrogens (primary N) is 1. The molecule has 2 rings (SSSR count). The SMILES string of the molecule is Cc1ccc(NC(=O)CS(=O)(=O)C2CCOC2C)c(N)c1. The van der Waals surface area contributed by atoms with Gasteiger partial charge in [0, 0.05) is 6.61 Å². The lowest BCUT2D eigenvalue weighted by molar-refractivity contribution is -0.113. The van der Waals surface area contributed by atoms with Gasteiger partial charge in [-0.05, 0) is 38.0 Å². The van der Waals surface area contributed by atoms with E-state index in [1.54, 1.807) is 25.1 Å². The van der Waals surface area contributed by atoms with Gasteiger partial charge in [-0.2, -0.15) is 0 Å². The van der Waals surface area contributed by atoms with Crippen molar-refractivity contribution in [2.45, 2.75) is 31.6 Å². The topological polar surface area (TPSA) is 98.5 Å².